The number of nitrogen functional groups attached to an aromatic ring is 1. The monoisotopic (exact) mass is 464 g/mol. The zero-order valence-corrected chi connectivity index (χ0v) is 18.6. The number of amides is 1. The lowest BCUT2D eigenvalue weighted by Gasteiger charge is -2.25. The summed E-state index contributed by atoms with van der Waals surface area (Å²) in [6, 6.07) is 19.8. The fourth-order valence-corrected chi connectivity index (χ4v) is 6.28. The first-order valence-corrected chi connectivity index (χ1v) is 12.3. The second-order valence-electron chi connectivity index (χ2n) is 7.53. The number of hydrogen-bond acceptors (Lipinski definition) is 6. The first-order valence-electron chi connectivity index (χ1n) is 10.1. The van der Waals surface area contributed by atoms with E-state index in [2.05, 4.69) is 10.3 Å². The number of carbonyl (C=O) groups is 1. The second-order valence-corrected chi connectivity index (χ2v) is 10.5. The van der Waals surface area contributed by atoms with Gasteiger partial charge in [0.25, 0.3) is 5.91 Å². The molecule has 1 aromatic heterocycles. The number of thiazole rings is 1. The van der Waals surface area contributed by atoms with Crippen LogP contribution in [-0.4, -0.2) is 30.2 Å². The molecule has 0 aliphatic carbocycles. The molecule has 0 bridgehead atoms. The third-order valence-corrected chi connectivity index (χ3v) is 8.38. The van der Waals surface area contributed by atoms with Gasteiger partial charge in [0, 0.05) is 17.8 Å². The summed E-state index contributed by atoms with van der Waals surface area (Å²) in [5.74, 6) is -0.355. The predicted octanol–water partition coefficient (Wildman–Crippen LogP) is 3.88. The van der Waals surface area contributed by atoms with Crippen molar-refractivity contribution in [3.05, 3.63) is 82.3 Å². The van der Waals surface area contributed by atoms with E-state index in [4.69, 9.17) is 5.73 Å². The molecule has 1 aliphatic rings. The van der Waals surface area contributed by atoms with E-state index in [0.717, 1.165) is 21.3 Å². The van der Waals surface area contributed by atoms with E-state index in [0.29, 0.717) is 29.3 Å². The normalized spacial score (nSPS) is 14.2. The van der Waals surface area contributed by atoms with Gasteiger partial charge < -0.3 is 11.1 Å². The van der Waals surface area contributed by atoms with Gasteiger partial charge in [-0.15, -0.1) is 11.3 Å². The number of carbonyl (C=O) groups excluding carboxylic acids is 1. The van der Waals surface area contributed by atoms with Crippen molar-refractivity contribution in [3.8, 4) is 0 Å². The topological polar surface area (TPSA) is 105 Å². The van der Waals surface area contributed by atoms with Crippen LogP contribution in [-0.2, 0) is 23.0 Å². The maximum atomic E-state index is 13.3. The summed E-state index contributed by atoms with van der Waals surface area (Å²) >= 11 is 1.22. The first kappa shape index (κ1) is 20.6. The smallest absolute Gasteiger partial charge is 0.284 e. The lowest BCUT2D eigenvalue weighted by molar-refractivity contribution is 0.102. The van der Waals surface area contributed by atoms with Crippen molar-refractivity contribution < 1.29 is 13.2 Å². The molecule has 0 saturated heterocycles. The minimum absolute atomic E-state index is 0.197. The largest absolute Gasteiger partial charge is 0.397 e. The summed E-state index contributed by atoms with van der Waals surface area (Å²) in [6.07, 6.45) is 0.458. The van der Waals surface area contributed by atoms with Crippen molar-refractivity contribution in [2.45, 2.75) is 17.9 Å². The third kappa shape index (κ3) is 3.75. The van der Waals surface area contributed by atoms with E-state index in [-0.39, 0.29) is 17.3 Å². The number of benzene rings is 3. The van der Waals surface area contributed by atoms with Gasteiger partial charge >= 0.3 is 0 Å². The van der Waals surface area contributed by atoms with Gasteiger partial charge in [0.2, 0.25) is 10.0 Å². The number of nitrogens with one attached hydrogen (secondary N) is 1. The molecule has 0 radical (unpaired) electrons. The molecular weight excluding hydrogens is 444 g/mol. The van der Waals surface area contributed by atoms with Gasteiger partial charge in [0.1, 0.15) is 0 Å². The highest BCUT2D eigenvalue weighted by Gasteiger charge is 2.31. The van der Waals surface area contributed by atoms with E-state index in [1.165, 1.54) is 15.6 Å². The minimum atomic E-state index is -3.67. The molecule has 0 fully saturated rings. The quantitative estimate of drug-likeness (QED) is 0.446. The van der Waals surface area contributed by atoms with E-state index in [1.54, 1.807) is 36.4 Å². The molecule has 3 N–H and O–H groups in total. The predicted molar refractivity (Wildman–Crippen MR) is 126 cm³/mol. The first-order chi connectivity index (χ1) is 15.4. The Morgan fingerprint density at radius 3 is 2.59 bits per heavy atom. The number of anilines is 2. The zero-order chi connectivity index (χ0) is 22.3. The Morgan fingerprint density at radius 2 is 1.78 bits per heavy atom. The van der Waals surface area contributed by atoms with Crippen molar-refractivity contribution in [1.82, 2.24) is 9.29 Å². The van der Waals surface area contributed by atoms with Gasteiger partial charge in [0.05, 0.1) is 28.5 Å². The molecule has 0 saturated carbocycles. The van der Waals surface area contributed by atoms with Crippen LogP contribution in [0.1, 0.15) is 20.4 Å². The molecule has 9 heteroatoms. The number of hydrogen-bond donors (Lipinski definition) is 2. The van der Waals surface area contributed by atoms with Crippen LogP contribution >= 0.6 is 11.3 Å². The van der Waals surface area contributed by atoms with Crippen molar-refractivity contribution in [1.29, 1.82) is 0 Å². The fourth-order valence-electron chi connectivity index (χ4n) is 3.74. The molecule has 2 heterocycles. The Labute approximate surface area is 189 Å². The molecule has 0 unspecified atom stereocenters. The summed E-state index contributed by atoms with van der Waals surface area (Å²) < 4.78 is 28.0. The summed E-state index contributed by atoms with van der Waals surface area (Å²) in [4.78, 5) is 18.2. The maximum absolute atomic E-state index is 13.3. The Balaban J connectivity index is 1.38. The van der Waals surface area contributed by atoms with Crippen molar-refractivity contribution in [3.63, 3.8) is 0 Å². The van der Waals surface area contributed by atoms with Crippen LogP contribution in [0.25, 0.3) is 10.8 Å². The van der Waals surface area contributed by atoms with Gasteiger partial charge in [-0.25, -0.2) is 13.4 Å². The molecule has 5 rings (SSSR count). The second kappa shape index (κ2) is 8.01. The lowest BCUT2D eigenvalue weighted by Crippen LogP contribution is -2.35. The van der Waals surface area contributed by atoms with Crippen LogP contribution < -0.4 is 11.1 Å². The summed E-state index contributed by atoms with van der Waals surface area (Å²) in [5, 5.41) is 4.93. The molecular formula is C23H20N4O3S2. The van der Waals surface area contributed by atoms with Gasteiger partial charge in [0.15, 0.2) is 5.01 Å². The van der Waals surface area contributed by atoms with E-state index in [1.807, 2.05) is 30.3 Å². The van der Waals surface area contributed by atoms with Gasteiger partial charge in [-0.1, -0.05) is 42.5 Å². The van der Waals surface area contributed by atoms with Crippen LogP contribution in [0, 0.1) is 0 Å². The van der Waals surface area contributed by atoms with Crippen LogP contribution in [0.15, 0.2) is 71.6 Å². The van der Waals surface area contributed by atoms with Crippen LogP contribution in [0.3, 0.4) is 0 Å². The molecule has 0 atom stereocenters. The standard InChI is InChI=1S/C23H20N4O3S2/c24-18-7-3-4-8-19(18)25-22(28)23-26-20-11-12-27(14-21(20)31-23)32(29,30)17-10-9-15-5-1-2-6-16(15)13-17/h1-10,13H,11-12,14,24H2,(H,25,28). The third-order valence-electron chi connectivity index (χ3n) is 5.46. The molecule has 4 aromatic rings. The molecule has 1 aliphatic heterocycles. The molecule has 7 nitrogen and oxygen atoms in total. The Hall–Kier alpha value is -3.27. The maximum Gasteiger partial charge on any atom is 0.284 e. The van der Waals surface area contributed by atoms with Crippen LogP contribution in [0.5, 0.6) is 0 Å². The highest BCUT2D eigenvalue weighted by atomic mass is 32.2. The highest BCUT2D eigenvalue weighted by Crippen LogP contribution is 2.30. The Kier molecular flexibility index (Phi) is 5.16. The lowest BCUT2D eigenvalue weighted by atomic mass is 10.1. The SMILES string of the molecule is Nc1ccccc1NC(=O)c1nc2c(s1)CN(S(=O)(=O)c1ccc3ccccc3c1)CC2. The number of aromatic nitrogens is 1. The molecule has 162 valence electrons. The number of para-hydroxylation sites is 2. The number of nitrogens with two attached hydrogens (primary N) is 1. The summed E-state index contributed by atoms with van der Waals surface area (Å²) in [5.41, 5.74) is 7.65. The summed E-state index contributed by atoms with van der Waals surface area (Å²) in [6.45, 7) is 0.515. The number of rotatable bonds is 4. The van der Waals surface area contributed by atoms with Crippen molar-refractivity contribution in [2.75, 3.05) is 17.6 Å². The van der Waals surface area contributed by atoms with E-state index in [9.17, 15) is 13.2 Å². The minimum Gasteiger partial charge on any atom is -0.397 e. The Morgan fingerprint density at radius 1 is 1.03 bits per heavy atom. The van der Waals surface area contributed by atoms with Crippen LogP contribution in [0.2, 0.25) is 0 Å². The molecule has 3 aromatic carbocycles. The molecule has 32 heavy (non-hydrogen) atoms. The summed E-state index contributed by atoms with van der Waals surface area (Å²) in [7, 11) is -3.67. The van der Waals surface area contributed by atoms with Crippen LogP contribution in [0.4, 0.5) is 11.4 Å². The van der Waals surface area contributed by atoms with Gasteiger partial charge in [-0.05, 0) is 35.0 Å². The highest BCUT2D eigenvalue weighted by molar-refractivity contribution is 7.89. The Bertz CT molecular complexity index is 1450. The average molecular weight is 465 g/mol. The number of fused-ring (bicyclic) bond motifs is 2. The number of nitrogens with zero attached hydrogens (tertiary/aromatic N) is 2. The zero-order valence-electron chi connectivity index (χ0n) is 17.0. The van der Waals surface area contributed by atoms with Crippen molar-refractivity contribution >= 4 is 49.4 Å². The van der Waals surface area contributed by atoms with E-state index >= 15 is 0 Å². The van der Waals surface area contributed by atoms with E-state index < -0.39 is 10.0 Å². The number of sulfonamides is 1. The fraction of sp³-hybridized carbons (Fsp3) is 0.130. The van der Waals surface area contributed by atoms with Crippen molar-refractivity contribution in [2.24, 2.45) is 0 Å². The van der Waals surface area contributed by atoms with Gasteiger partial charge in [-0.2, -0.15) is 4.31 Å². The molecule has 0 spiro atoms. The average Bonchev–Trinajstić information content (AvgIpc) is 3.24. The van der Waals surface area contributed by atoms with Gasteiger partial charge in [-0.3, -0.25) is 4.79 Å². The molecule has 1 amide bonds.